The third-order valence-electron chi connectivity index (χ3n) is 3.55. The molecule has 2 unspecified atom stereocenters. The normalized spacial score (nSPS) is 26.7. The fraction of sp³-hybridized carbons (Fsp3) is 0.917. The van der Waals surface area contributed by atoms with Gasteiger partial charge in [0.2, 0.25) is 5.91 Å². The fourth-order valence-corrected chi connectivity index (χ4v) is 1.74. The summed E-state index contributed by atoms with van der Waals surface area (Å²) in [5, 5.41) is 6.32. The highest BCUT2D eigenvalue weighted by Crippen LogP contribution is 2.19. The lowest BCUT2D eigenvalue weighted by atomic mass is 9.89. The average molecular weight is 212 g/mol. The van der Waals surface area contributed by atoms with E-state index in [1.807, 2.05) is 0 Å². The Hall–Kier alpha value is -0.570. The lowest BCUT2D eigenvalue weighted by Gasteiger charge is -2.24. The highest BCUT2D eigenvalue weighted by molar-refractivity contribution is 5.79. The second-order valence-corrected chi connectivity index (χ2v) is 5.48. The molecule has 1 aliphatic heterocycles. The second kappa shape index (κ2) is 4.97. The average Bonchev–Trinajstić information content (AvgIpc) is 2.61. The van der Waals surface area contributed by atoms with E-state index in [1.165, 1.54) is 0 Å². The molecule has 1 rings (SSSR count). The summed E-state index contributed by atoms with van der Waals surface area (Å²) in [6, 6.07) is 0. The Morgan fingerprint density at radius 2 is 2.13 bits per heavy atom. The van der Waals surface area contributed by atoms with Gasteiger partial charge < -0.3 is 10.6 Å². The molecule has 0 spiro atoms. The van der Waals surface area contributed by atoms with E-state index in [0.29, 0.717) is 5.92 Å². The van der Waals surface area contributed by atoms with Gasteiger partial charge in [0.15, 0.2) is 0 Å². The summed E-state index contributed by atoms with van der Waals surface area (Å²) in [5.74, 6) is 0.849. The molecule has 1 amide bonds. The molecule has 1 fully saturated rings. The summed E-state index contributed by atoms with van der Waals surface area (Å²) in [6.07, 6.45) is 1.09. The Bertz CT molecular complexity index is 226. The first-order valence-corrected chi connectivity index (χ1v) is 5.94. The van der Waals surface area contributed by atoms with Crippen molar-refractivity contribution in [2.24, 2.45) is 17.3 Å². The van der Waals surface area contributed by atoms with Crippen LogP contribution in [0.1, 0.15) is 34.1 Å². The van der Waals surface area contributed by atoms with Crippen LogP contribution >= 0.6 is 0 Å². The van der Waals surface area contributed by atoms with Gasteiger partial charge in [0.25, 0.3) is 0 Å². The summed E-state index contributed by atoms with van der Waals surface area (Å²) in [4.78, 5) is 11.9. The Kier molecular flexibility index (Phi) is 4.14. The molecule has 0 radical (unpaired) electrons. The van der Waals surface area contributed by atoms with Crippen molar-refractivity contribution >= 4 is 5.91 Å². The molecule has 3 heteroatoms. The third-order valence-corrected chi connectivity index (χ3v) is 3.55. The Balaban J connectivity index is 2.36. The number of rotatable bonds is 4. The second-order valence-electron chi connectivity index (χ2n) is 5.48. The van der Waals surface area contributed by atoms with Crippen molar-refractivity contribution in [1.29, 1.82) is 0 Å². The molecule has 0 aromatic carbocycles. The van der Waals surface area contributed by atoms with E-state index in [9.17, 15) is 4.79 Å². The number of carbonyl (C=O) groups is 1. The van der Waals surface area contributed by atoms with Crippen molar-refractivity contribution in [3.8, 4) is 0 Å². The molecular formula is C12H24N2O. The molecule has 0 saturated carbocycles. The van der Waals surface area contributed by atoms with Gasteiger partial charge >= 0.3 is 0 Å². The molecule has 3 nitrogen and oxygen atoms in total. The van der Waals surface area contributed by atoms with Crippen LogP contribution in [0, 0.1) is 17.3 Å². The van der Waals surface area contributed by atoms with E-state index >= 15 is 0 Å². The van der Waals surface area contributed by atoms with Crippen LogP contribution in [-0.4, -0.2) is 25.5 Å². The van der Waals surface area contributed by atoms with E-state index in [4.69, 9.17) is 0 Å². The topological polar surface area (TPSA) is 41.1 Å². The zero-order valence-corrected chi connectivity index (χ0v) is 10.4. The largest absolute Gasteiger partial charge is 0.355 e. The number of amides is 1. The Morgan fingerprint density at radius 3 is 2.60 bits per heavy atom. The molecule has 2 N–H and O–H groups in total. The van der Waals surface area contributed by atoms with Gasteiger partial charge in [-0.2, -0.15) is 0 Å². The Labute approximate surface area is 93.0 Å². The molecular weight excluding hydrogens is 188 g/mol. The summed E-state index contributed by atoms with van der Waals surface area (Å²) in [6.45, 7) is 11.2. The monoisotopic (exact) mass is 212 g/mol. The molecule has 88 valence electrons. The molecule has 2 atom stereocenters. The van der Waals surface area contributed by atoms with Crippen LogP contribution in [0.25, 0.3) is 0 Å². The lowest BCUT2D eigenvalue weighted by Crippen LogP contribution is -2.39. The molecule has 0 aromatic rings. The zero-order chi connectivity index (χ0) is 11.5. The van der Waals surface area contributed by atoms with E-state index < -0.39 is 0 Å². The lowest BCUT2D eigenvalue weighted by molar-refractivity contribution is -0.125. The minimum Gasteiger partial charge on any atom is -0.355 e. The summed E-state index contributed by atoms with van der Waals surface area (Å²) in [5.41, 5.74) is 0.213. The molecule has 0 aliphatic carbocycles. The van der Waals surface area contributed by atoms with Crippen LogP contribution < -0.4 is 10.6 Å². The predicted molar refractivity (Wildman–Crippen MR) is 62.6 cm³/mol. The SMILES string of the molecule is CCC(C)(C)CNC(=O)C1CNCC1C. The highest BCUT2D eigenvalue weighted by atomic mass is 16.1. The van der Waals surface area contributed by atoms with Gasteiger partial charge in [-0.15, -0.1) is 0 Å². The van der Waals surface area contributed by atoms with Crippen molar-refractivity contribution < 1.29 is 4.79 Å². The number of hydrogen-bond acceptors (Lipinski definition) is 2. The van der Waals surface area contributed by atoms with Gasteiger partial charge in [-0.1, -0.05) is 27.7 Å². The maximum atomic E-state index is 11.9. The van der Waals surface area contributed by atoms with Crippen LogP contribution in [0.15, 0.2) is 0 Å². The van der Waals surface area contributed by atoms with Crippen molar-refractivity contribution in [2.75, 3.05) is 19.6 Å². The quantitative estimate of drug-likeness (QED) is 0.739. The van der Waals surface area contributed by atoms with Crippen LogP contribution in [0.2, 0.25) is 0 Å². The van der Waals surface area contributed by atoms with Crippen LogP contribution in [0.4, 0.5) is 0 Å². The van der Waals surface area contributed by atoms with Gasteiger partial charge in [0.1, 0.15) is 0 Å². The van der Waals surface area contributed by atoms with Gasteiger partial charge in [-0.25, -0.2) is 0 Å². The standard InChI is InChI=1S/C12H24N2O/c1-5-12(3,4)8-14-11(15)10-7-13-6-9(10)2/h9-10,13H,5-8H2,1-4H3,(H,14,15). The van der Waals surface area contributed by atoms with E-state index in [0.717, 1.165) is 26.1 Å². The van der Waals surface area contributed by atoms with Crippen molar-refractivity contribution in [3.05, 3.63) is 0 Å². The first kappa shape index (κ1) is 12.5. The van der Waals surface area contributed by atoms with Crippen molar-refractivity contribution in [1.82, 2.24) is 10.6 Å². The van der Waals surface area contributed by atoms with Crippen molar-refractivity contribution in [2.45, 2.75) is 34.1 Å². The van der Waals surface area contributed by atoms with E-state index in [2.05, 4.69) is 38.3 Å². The molecule has 1 saturated heterocycles. The van der Waals surface area contributed by atoms with Crippen molar-refractivity contribution in [3.63, 3.8) is 0 Å². The predicted octanol–water partition coefficient (Wildman–Crippen LogP) is 1.39. The first-order chi connectivity index (χ1) is 6.96. The van der Waals surface area contributed by atoms with E-state index in [-0.39, 0.29) is 17.2 Å². The minimum absolute atomic E-state index is 0.164. The summed E-state index contributed by atoms with van der Waals surface area (Å²) >= 11 is 0. The van der Waals surface area contributed by atoms with Crippen LogP contribution in [-0.2, 0) is 4.79 Å². The van der Waals surface area contributed by atoms with Crippen LogP contribution in [0.5, 0.6) is 0 Å². The maximum absolute atomic E-state index is 11.9. The molecule has 1 heterocycles. The first-order valence-electron chi connectivity index (χ1n) is 5.94. The number of carbonyl (C=O) groups excluding carboxylic acids is 1. The minimum atomic E-state index is 0.164. The smallest absolute Gasteiger partial charge is 0.224 e. The number of nitrogens with one attached hydrogen (secondary N) is 2. The van der Waals surface area contributed by atoms with Gasteiger partial charge in [-0.3, -0.25) is 4.79 Å². The van der Waals surface area contributed by atoms with Gasteiger partial charge in [-0.05, 0) is 24.3 Å². The molecule has 0 aromatic heterocycles. The molecule has 1 aliphatic rings. The van der Waals surface area contributed by atoms with Gasteiger partial charge in [0, 0.05) is 13.1 Å². The summed E-state index contributed by atoms with van der Waals surface area (Å²) < 4.78 is 0. The Morgan fingerprint density at radius 1 is 1.47 bits per heavy atom. The molecule has 15 heavy (non-hydrogen) atoms. The maximum Gasteiger partial charge on any atom is 0.224 e. The summed E-state index contributed by atoms with van der Waals surface area (Å²) in [7, 11) is 0. The van der Waals surface area contributed by atoms with E-state index in [1.54, 1.807) is 0 Å². The van der Waals surface area contributed by atoms with Crippen LogP contribution in [0.3, 0.4) is 0 Å². The third kappa shape index (κ3) is 3.49. The fourth-order valence-electron chi connectivity index (χ4n) is 1.74. The molecule has 0 bridgehead atoms. The highest BCUT2D eigenvalue weighted by Gasteiger charge is 2.30. The number of hydrogen-bond donors (Lipinski definition) is 2. The zero-order valence-electron chi connectivity index (χ0n) is 10.4. The van der Waals surface area contributed by atoms with Gasteiger partial charge in [0.05, 0.1) is 5.92 Å².